The Labute approximate surface area is 114 Å². The molecule has 20 heavy (non-hydrogen) atoms. The average molecular weight is 268 g/mol. The number of para-hydroxylation sites is 2. The molecule has 3 rings (SSSR count). The van der Waals surface area contributed by atoms with Crippen molar-refractivity contribution in [1.29, 1.82) is 5.26 Å². The zero-order valence-electron chi connectivity index (χ0n) is 10.9. The van der Waals surface area contributed by atoms with Crippen LogP contribution < -0.4 is 5.56 Å². The third-order valence-electron chi connectivity index (χ3n) is 3.15. The molecular weight excluding hydrogens is 256 g/mol. The zero-order chi connectivity index (χ0) is 14.1. The molecule has 0 aliphatic heterocycles. The van der Waals surface area contributed by atoms with Crippen LogP contribution in [0.25, 0.3) is 17.1 Å². The van der Waals surface area contributed by atoms with E-state index in [0.29, 0.717) is 29.5 Å². The van der Waals surface area contributed by atoms with Crippen molar-refractivity contribution < 1.29 is 4.42 Å². The van der Waals surface area contributed by atoms with Crippen LogP contribution in [0.4, 0.5) is 0 Å². The summed E-state index contributed by atoms with van der Waals surface area (Å²) >= 11 is 0. The van der Waals surface area contributed by atoms with Crippen molar-refractivity contribution in [3.05, 3.63) is 45.9 Å². The quantitative estimate of drug-likeness (QED) is 0.787. The first-order chi connectivity index (χ1) is 9.70. The van der Waals surface area contributed by atoms with Gasteiger partial charge in [-0.3, -0.25) is 9.89 Å². The molecule has 0 amide bonds. The fourth-order valence-corrected chi connectivity index (χ4v) is 2.15. The van der Waals surface area contributed by atoms with E-state index in [1.54, 1.807) is 13.0 Å². The molecule has 0 spiro atoms. The van der Waals surface area contributed by atoms with Gasteiger partial charge in [-0.15, -0.1) is 0 Å². The van der Waals surface area contributed by atoms with Gasteiger partial charge in [0.25, 0.3) is 5.56 Å². The van der Waals surface area contributed by atoms with Crippen molar-refractivity contribution >= 4 is 11.1 Å². The summed E-state index contributed by atoms with van der Waals surface area (Å²) in [6, 6.07) is 9.57. The highest BCUT2D eigenvalue weighted by molar-refractivity contribution is 5.73. The Kier molecular flexibility index (Phi) is 2.88. The van der Waals surface area contributed by atoms with Crippen LogP contribution in [0.1, 0.15) is 17.7 Å². The van der Waals surface area contributed by atoms with Crippen LogP contribution in [0.2, 0.25) is 0 Å². The molecule has 0 saturated heterocycles. The number of hydrogen-bond acceptors (Lipinski definition) is 4. The number of aryl methyl sites for hydroxylation is 1. The molecule has 0 atom stereocenters. The molecule has 0 saturated carbocycles. The summed E-state index contributed by atoms with van der Waals surface area (Å²) in [7, 11) is 0. The average Bonchev–Trinajstić information content (AvgIpc) is 2.98. The topological polar surface area (TPSA) is 87.6 Å². The summed E-state index contributed by atoms with van der Waals surface area (Å²) in [6.07, 6.45) is 0.729. The van der Waals surface area contributed by atoms with Crippen LogP contribution in [-0.2, 0) is 6.42 Å². The van der Waals surface area contributed by atoms with Gasteiger partial charge < -0.3 is 4.42 Å². The van der Waals surface area contributed by atoms with Gasteiger partial charge >= 0.3 is 6.01 Å². The van der Waals surface area contributed by atoms with Crippen LogP contribution in [0.5, 0.6) is 0 Å². The molecule has 2 heterocycles. The van der Waals surface area contributed by atoms with Gasteiger partial charge in [-0.05, 0) is 25.5 Å². The Bertz CT molecular complexity index is 830. The van der Waals surface area contributed by atoms with E-state index in [1.807, 2.05) is 24.3 Å². The second-order valence-corrected chi connectivity index (χ2v) is 4.48. The molecule has 0 fully saturated rings. The minimum atomic E-state index is -0.218. The summed E-state index contributed by atoms with van der Waals surface area (Å²) in [5, 5.41) is 11.6. The van der Waals surface area contributed by atoms with Crippen LogP contribution >= 0.6 is 0 Å². The molecule has 1 aromatic carbocycles. The molecule has 100 valence electrons. The predicted molar refractivity (Wildman–Crippen MR) is 72.6 cm³/mol. The first kappa shape index (κ1) is 12.2. The number of nitrogens with one attached hydrogen (secondary N) is 1. The number of nitrogens with zero attached hydrogens (tertiary/aromatic N) is 3. The van der Waals surface area contributed by atoms with Crippen molar-refractivity contribution in [2.75, 3.05) is 0 Å². The maximum atomic E-state index is 12.3. The SMILES string of the molecule is Cc1[nH]n(-c2nc3ccccc3o2)c(=O)c1CCC#N. The minimum Gasteiger partial charge on any atom is -0.422 e. The van der Waals surface area contributed by atoms with E-state index in [-0.39, 0.29) is 11.6 Å². The van der Waals surface area contributed by atoms with Crippen LogP contribution in [-0.4, -0.2) is 14.8 Å². The van der Waals surface area contributed by atoms with Crippen molar-refractivity contribution in [3.63, 3.8) is 0 Å². The van der Waals surface area contributed by atoms with Gasteiger partial charge in [0.2, 0.25) is 0 Å². The molecule has 0 aliphatic carbocycles. The number of fused-ring (bicyclic) bond motifs is 1. The lowest BCUT2D eigenvalue weighted by molar-refractivity contribution is 0.535. The molecule has 0 bridgehead atoms. The van der Waals surface area contributed by atoms with Gasteiger partial charge in [-0.25, -0.2) is 0 Å². The Morgan fingerprint density at radius 1 is 1.45 bits per heavy atom. The first-order valence-corrected chi connectivity index (χ1v) is 6.24. The molecular formula is C14H12N4O2. The fraction of sp³-hybridized carbons (Fsp3) is 0.214. The Hall–Kier alpha value is -2.81. The lowest BCUT2D eigenvalue weighted by Gasteiger charge is -1.91. The minimum absolute atomic E-state index is 0.211. The normalized spacial score (nSPS) is 10.8. The standard InChI is InChI=1S/C14H12N4O2/c1-9-10(5-4-8-15)13(19)18(17-9)14-16-11-6-2-3-7-12(11)20-14/h2-3,6-7,17H,4-5H2,1H3. The number of benzene rings is 1. The molecule has 2 aromatic heterocycles. The maximum absolute atomic E-state index is 12.3. The van der Waals surface area contributed by atoms with E-state index in [2.05, 4.69) is 10.1 Å². The third kappa shape index (κ3) is 1.89. The largest absolute Gasteiger partial charge is 0.422 e. The zero-order valence-corrected chi connectivity index (χ0v) is 10.9. The molecule has 1 N–H and O–H groups in total. The van der Waals surface area contributed by atoms with E-state index in [0.717, 1.165) is 5.69 Å². The van der Waals surface area contributed by atoms with Gasteiger partial charge in [-0.1, -0.05) is 12.1 Å². The van der Waals surface area contributed by atoms with E-state index < -0.39 is 0 Å². The molecule has 0 unspecified atom stereocenters. The lowest BCUT2D eigenvalue weighted by Crippen LogP contribution is -2.17. The molecule has 0 radical (unpaired) electrons. The fourth-order valence-electron chi connectivity index (χ4n) is 2.15. The first-order valence-electron chi connectivity index (χ1n) is 6.24. The summed E-state index contributed by atoms with van der Waals surface area (Å²) in [5.74, 6) is 0. The van der Waals surface area contributed by atoms with Crippen LogP contribution in [0.3, 0.4) is 0 Å². The maximum Gasteiger partial charge on any atom is 0.325 e. The van der Waals surface area contributed by atoms with Gasteiger partial charge in [0, 0.05) is 17.7 Å². The second kappa shape index (κ2) is 4.70. The van der Waals surface area contributed by atoms with E-state index in [4.69, 9.17) is 9.68 Å². The highest BCUT2D eigenvalue weighted by Gasteiger charge is 2.16. The monoisotopic (exact) mass is 268 g/mol. The van der Waals surface area contributed by atoms with Gasteiger partial charge in [-0.2, -0.15) is 14.9 Å². The Morgan fingerprint density at radius 3 is 3.00 bits per heavy atom. The number of hydrogen-bond donors (Lipinski definition) is 1. The van der Waals surface area contributed by atoms with Crippen molar-refractivity contribution in [2.45, 2.75) is 19.8 Å². The predicted octanol–water partition coefficient (Wildman–Crippen LogP) is 2.07. The number of oxazole rings is 1. The smallest absolute Gasteiger partial charge is 0.325 e. The van der Waals surface area contributed by atoms with Gasteiger partial charge in [0.15, 0.2) is 5.58 Å². The number of aromatic nitrogens is 3. The number of nitriles is 1. The second-order valence-electron chi connectivity index (χ2n) is 4.48. The summed E-state index contributed by atoms with van der Waals surface area (Å²) in [4.78, 5) is 16.6. The molecule has 6 nitrogen and oxygen atoms in total. The summed E-state index contributed by atoms with van der Waals surface area (Å²) < 4.78 is 6.84. The summed E-state index contributed by atoms with van der Waals surface area (Å²) in [6.45, 7) is 1.80. The van der Waals surface area contributed by atoms with E-state index >= 15 is 0 Å². The van der Waals surface area contributed by atoms with E-state index in [9.17, 15) is 4.79 Å². The van der Waals surface area contributed by atoms with Crippen molar-refractivity contribution in [1.82, 2.24) is 14.8 Å². The van der Waals surface area contributed by atoms with Crippen molar-refractivity contribution in [2.24, 2.45) is 0 Å². The van der Waals surface area contributed by atoms with Crippen LogP contribution in [0, 0.1) is 18.3 Å². The highest BCUT2D eigenvalue weighted by Crippen LogP contribution is 2.17. The lowest BCUT2D eigenvalue weighted by atomic mass is 10.1. The number of H-pyrrole nitrogens is 1. The van der Waals surface area contributed by atoms with Gasteiger partial charge in [0.05, 0.1) is 6.07 Å². The highest BCUT2D eigenvalue weighted by atomic mass is 16.4. The summed E-state index contributed by atoms with van der Waals surface area (Å²) in [5.41, 5.74) is 2.42. The Morgan fingerprint density at radius 2 is 2.25 bits per heavy atom. The number of rotatable bonds is 3. The molecule has 6 heteroatoms. The molecule has 3 aromatic rings. The number of aromatic amines is 1. The third-order valence-corrected chi connectivity index (χ3v) is 3.15. The van der Waals surface area contributed by atoms with Crippen molar-refractivity contribution in [3.8, 4) is 12.1 Å². The Balaban J connectivity index is 2.10. The van der Waals surface area contributed by atoms with Crippen LogP contribution in [0.15, 0.2) is 33.5 Å². The molecule has 0 aliphatic rings. The van der Waals surface area contributed by atoms with Gasteiger partial charge in [0.1, 0.15) is 5.52 Å². The van der Waals surface area contributed by atoms with E-state index in [1.165, 1.54) is 4.68 Å².